The zero-order chi connectivity index (χ0) is 14.2. The Balaban J connectivity index is 2.03. The van der Waals surface area contributed by atoms with Crippen LogP contribution in [0.2, 0.25) is 0 Å². The number of fused-ring (bicyclic) bond motifs is 1. The predicted molar refractivity (Wildman–Crippen MR) is 80.8 cm³/mol. The van der Waals surface area contributed by atoms with Gasteiger partial charge in [-0.15, -0.1) is 0 Å². The molecule has 0 saturated carbocycles. The van der Waals surface area contributed by atoms with Gasteiger partial charge in [0.25, 0.3) is 0 Å². The molecule has 3 heteroatoms. The molecule has 1 aromatic heterocycles. The van der Waals surface area contributed by atoms with Crippen LogP contribution < -0.4 is 5.32 Å². The molecule has 1 aliphatic rings. The first-order valence-electron chi connectivity index (χ1n) is 7.24. The predicted octanol–water partition coefficient (Wildman–Crippen LogP) is 3.05. The largest absolute Gasteiger partial charge is 0.316 e. The molecule has 2 heterocycles. The summed E-state index contributed by atoms with van der Waals surface area (Å²) in [6, 6.07) is 9.76. The van der Waals surface area contributed by atoms with Gasteiger partial charge in [0.15, 0.2) is 5.78 Å². The van der Waals surface area contributed by atoms with Gasteiger partial charge in [-0.2, -0.15) is 0 Å². The van der Waals surface area contributed by atoms with Gasteiger partial charge in [-0.25, -0.2) is 0 Å². The number of nitrogens with one attached hydrogen (secondary N) is 1. The topological polar surface area (TPSA) is 42.0 Å². The van der Waals surface area contributed by atoms with Crippen molar-refractivity contribution in [1.29, 1.82) is 0 Å². The van der Waals surface area contributed by atoms with Crippen molar-refractivity contribution in [2.24, 2.45) is 11.3 Å². The minimum atomic E-state index is -0.254. The molecule has 1 N–H and O–H groups in total. The zero-order valence-electron chi connectivity index (χ0n) is 12.0. The normalized spacial score (nSPS) is 22.6. The van der Waals surface area contributed by atoms with Gasteiger partial charge in [0, 0.05) is 29.1 Å². The molecule has 1 unspecified atom stereocenters. The number of rotatable bonds is 3. The van der Waals surface area contributed by atoms with Crippen molar-refractivity contribution in [2.45, 2.75) is 20.3 Å². The summed E-state index contributed by atoms with van der Waals surface area (Å²) in [7, 11) is 0. The van der Waals surface area contributed by atoms with E-state index >= 15 is 0 Å². The van der Waals surface area contributed by atoms with E-state index in [0.29, 0.717) is 5.92 Å². The van der Waals surface area contributed by atoms with E-state index in [1.807, 2.05) is 30.3 Å². The maximum atomic E-state index is 13.0. The van der Waals surface area contributed by atoms with Gasteiger partial charge in [-0.3, -0.25) is 9.78 Å². The summed E-state index contributed by atoms with van der Waals surface area (Å²) >= 11 is 0. The first-order chi connectivity index (χ1) is 9.63. The van der Waals surface area contributed by atoms with E-state index in [-0.39, 0.29) is 11.2 Å². The maximum Gasteiger partial charge on any atom is 0.170 e. The highest BCUT2D eigenvalue weighted by Gasteiger charge is 2.43. The maximum absolute atomic E-state index is 13.0. The van der Waals surface area contributed by atoms with Gasteiger partial charge in [-0.05, 0) is 43.1 Å². The lowest BCUT2D eigenvalue weighted by atomic mass is 9.71. The standard InChI is InChI=1S/C17H20N2O/c1-12(2)17(7-9-18-11-17)16(20)14-5-6-15-13(10-14)4-3-8-19-15/h3-6,8,10,12,18H,7,9,11H2,1-2H3. The Hall–Kier alpha value is -1.74. The minimum absolute atomic E-state index is 0.254. The van der Waals surface area contributed by atoms with Gasteiger partial charge in [0.1, 0.15) is 0 Å². The summed E-state index contributed by atoms with van der Waals surface area (Å²) in [5.41, 5.74) is 1.49. The number of Topliss-reactive ketones (excluding diaryl/α,β-unsaturated/α-hetero) is 1. The van der Waals surface area contributed by atoms with Crippen molar-refractivity contribution in [3.05, 3.63) is 42.1 Å². The molecule has 20 heavy (non-hydrogen) atoms. The lowest BCUT2D eigenvalue weighted by Crippen LogP contribution is -2.38. The van der Waals surface area contributed by atoms with Crippen molar-refractivity contribution >= 4 is 16.7 Å². The van der Waals surface area contributed by atoms with E-state index in [1.165, 1.54) is 0 Å². The molecule has 104 valence electrons. The van der Waals surface area contributed by atoms with Gasteiger partial charge in [-0.1, -0.05) is 19.9 Å². The highest BCUT2D eigenvalue weighted by molar-refractivity contribution is 6.03. The molecule has 0 aliphatic carbocycles. The molecule has 0 amide bonds. The third-order valence-electron chi connectivity index (χ3n) is 4.61. The zero-order valence-corrected chi connectivity index (χ0v) is 12.0. The van der Waals surface area contributed by atoms with Crippen molar-refractivity contribution in [3.63, 3.8) is 0 Å². The Morgan fingerprint density at radius 2 is 2.20 bits per heavy atom. The van der Waals surface area contributed by atoms with Gasteiger partial charge < -0.3 is 5.32 Å². The van der Waals surface area contributed by atoms with Crippen LogP contribution in [0, 0.1) is 11.3 Å². The summed E-state index contributed by atoms with van der Waals surface area (Å²) < 4.78 is 0. The molecule has 0 spiro atoms. The Kier molecular flexibility index (Phi) is 3.30. The van der Waals surface area contributed by atoms with E-state index in [9.17, 15) is 4.79 Å². The minimum Gasteiger partial charge on any atom is -0.316 e. The van der Waals surface area contributed by atoms with Crippen LogP contribution in [0.15, 0.2) is 36.5 Å². The summed E-state index contributed by atoms with van der Waals surface area (Å²) in [6.45, 7) is 6.01. The van der Waals surface area contributed by atoms with Crippen LogP contribution in [0.25, 0.3) is 10.9 Å². The molecule has 3 nitrogen and oxygen atoms in total. The van der Waals surface area contributed by atoms with Gasteiger partial charge in [0.05, 0.1) is 5.52 Å². The smallest absolute Gasteiger partial charge is 0.170 e. The number of carbonyl (C=O) groups is 1. The quantitative estimate of drug-likeness (QED) is 0.870. The van der Waals surface area contributed by atoms with Gasteiger partial charge >= 0.3 is 0 Å². The first kappa shape index (κ1) is 13.3. The second kappa shape index (κ2) is 4.98. The van der Waals surface area contributed by atoms with Crippen LogP contribution >= 0.6 is 0 Å². The summed E-state index contributed by atoms with van der Waals surface area (Å²) in [5, 5.41) is 4.38. The Labute approximate surface area is 119 Å². The van der Waals surface area contributed by atoms with Crippen molar-refractivity contribution < 1.29 is 4.79 Å². The molecule has 1 atom stereocenters. The average molecular weight is 268 g/mol. The molecule has 1 saturated heterocycles. The fraction of sp³-hybridized carbons (Fsp3) is 0.412. The Morgan fingerprint density at radius 1 is 1.35 bits per heavy atom. The first-order valence-corrected chi connectivity index (χ1v) is 7.24. The van der Waals surface area contributed by atoms with Crippen LogP contribution in [-0.2, 0) is 0 Å². The van der Waals surface area contributed by atoms with E-state index in [1.54, 1.807) is 6.20 Å². The number of benzene rings is 1. The van der Waals surface area contributed by atoms with E-state index in [0.717, 1.165) is 36.0 Å². The molecular weight excluding hydrogens is 248 g/mol. The number of pyridine rings is 1. The van der Waals surface area contributed by atoms with Crippen LogP contribution in [-0.4, -0.2) is 23.9 Å². The molecule has 0 bridgehead atoms. The second-order valence-electron chi connectivity index (χ2n) is 5.98. The van der Waals surface area contributed by atoms with Crippen LogP contribution in [0.3, 0.4) is 0 Å². The number of ketones is 1. The molecule has 1 aliphatic heterocycles. The average Bonchev–Trinajstić information content (AvgIpc) is 2.97. The van der Waals surface area contributed by atoms with E-state index < -0.39 is 0 Å². The second-order valence-corrected chi connectivity index (χ2v) is 5.98. The van der Waals surface area contributed by atoms with Crippen molar-refractivity contribution in [2.75, 3.05) is 13.1 Å². The molecule has 2 aromatic rings. The molecule has 1 fully saturated rings. The third kappa shape index (κ3) is 2.02. The molecular formula is C17H20N2O. The third-order valence-corrected chi connectivity index (χ3v) is 4.61. The monoisotopic (exact) mass is 268 g/mol. The van der Waals surface area contributed by atoms with Crippen LogP contribution in [0.5, 0.6) is 0 Å². The molecule has 3 rings (SSSR count). The highest BCUT2D eigenvalue weighted by Crippen LogP contribution is 2.37. The molecule has 0 radical (unpaired) electrons. The van der Waals surface area contributed by atoms with Crippen LogP contribution in [0.4, 0.5) is 0 Å². The van der Waals surface area contributed by atoms with Crippen molar-refractivity contribution in [3.8, 4) is 0 Å². The fourth-order valence-electron chi connectivity index (χ4n) is 3.16. The van der Waals surface area contributed by atoms with E-state index in [2.05, 4.69) is 24.1 Å². The van der Waals surface area contributed by atoms with Crippen LogP contribution in [0.1, 0.15) is 30.6 Å². The lowest BCUT2D eigenvalue weighted by Gasteiger charge is -2.31. The summed E-state index contributed by atoms with van der Waals surface area (Å²) in [4.78, 5) is 17.3. The van der Waals surface area contributed by atoms with Crippen molar-refractivity contribution in [1.82, 2.24) is 10.3 Å². The number of hydrogen-bond acceptors (Lipinski definition) is 3. The number of nitrogens with zero attached hydrogens (tertiary/aromatic N) is 1. The highest BCUT2D eigenvalue weighted by atomic mass is 16.1. The molecule has 1 aromatic carbocycles. The number of hydrogen-bond donors (Lipinski definition) is 1. The van der Waals surface area contributed by atoms with E-state index in [4.69, 9.17) is 0 Å². The van der Waals surface area contributed by atoms with Gasteiger partial charge in [0.2, 0.25) is 0 Å². The fourth-order valence-corrected chi connectivity index (χ4v) is 3.16. The number of aromatic nitrogens is 1. The Bertz CT molecular complexity index is 642. The number of carbonyl (C=O) groups excluding carboxylic acids is 1. The Morgan fingerprint density at radius 3 is 2.90 bits per heavy atom. The summed E-state index contributed by atoms with van der Waals surface area (Å²) in [6.07, 6.45) is 2.70. The summed E-state index contributed by atoms with van der Waals surface area (Å²) in [5.74, 6) is 0.609. The SMILES string of the molecule is CC(C)C1(C(=O)c2ccc3ncccc3c2)CCNC1. The lowest BCUT2D eigenvalue weighted by molar-refractivity contribution is 0.0740.